The van der Waals surface area contributed by atoms with Gasteiger partial charge in [-0.25, -0.2) is 0 Å². The summed E-state index contributed by atoms with van der Waals surface area (Å²) in [6, 6.07) is 10.9. The van der Waals surface area contributed by atoms with Crippen LogP contribution >= 0.6 is 11.6 Å². The fourth-order valence-corrected chi connectivity index (χ4v) is 1.90. The van der Waals surface area contributed by atoms with E-state index >= 15 is 0 Å². The molecule has 0 aliphatic rings. The maximum absolute atomic E-state index is 10.1. The van der Waals surface area contributed by atoms with Crippen LogP contribution in [0, 0.1) is 6.92 Å². The highest BCUT2D eigenvalue weighted by atomic mass is 35.5. The predicted octanol–water partition coefficient (Wildman–Crippen LogP) is 4.50. The van der Waals surface area contributed by atoms with Crippen LogP contribution in [0.25, 0.3) is 0 Å². The monoisotopic (exact) mass is 289 g/mol. The lowest BCUT2D eigenvalue weighted by Gasteiger charge is -2.07. The van der Waals surface area contributed by atoms with Crippen molar-refractivity contribution in [3.63, 3.8) is 0 Å². The Bertz CT molecular complexity index is 638. The van der Waals surface area contributed by atoms with Crippen molar-refractivity contribution < 1.29 is 9.84 Å². The molecule has 1 N–H and O–H groups in total. The second-order valence-electron chi connectivity index (χ2n) is 4.32. The third-order valence-corrected chi connectivity index (χ3v) is 3.25. The Morgan fingerprint density at radius 3 is 2.80 bits per heavy atom. The maximum Gasteiger partial charge on any atom is 0.166 e. The fraction of sp³-hybridized carbons (Fsp3) is 0.188. The molecule has 0 unspecified atom stereocenters. The minimum Gasteiger partial charge on any atom is -0.504 e. The number of benzene rings is 2. The molecule has 20 heavy (non-hydrogen) atoms. The van der Waals surface area contributed by atoms with Crippen LogP contribution in [0.4, 0.5) is 5.69 Å². The quantitative estimate of drug-likeness (QED) is 0.842. The minimum atomic E-state index is 0.0938. The highest BCUT2D eigenvalue weighted by molar-refractivity contribution is 6.31. The number of aryl methyl sites for hydroxylation is 1. The van der Waals surface area contributed by atoms with E-state index in [0.717, 1.165) is 11.3 Å². The van der Waals surface area contributed by atoms with Gasteiger partial charge in [-0.05, 0) is 43.7 Å². The molecule has 2 aromatic carbocycles. The summed E-state index contributed by atoms with van der Waals surface area (Å²) in [5, 5.41) is 10.7. The zero-order valence-corrected chi connectivity index (χ0v) is 12.2. The van der Waals surface area contributed by atoms with Gasteiger partial charge in [0.15, 0.2) is 11.5 Å². The second kappa shape index (κ2) is 6.44. The number of ether oxygens (including phenoxy) is 1. The highest BCUT2D eigenvalue weighted by Crippen LogP contribution is 2.29. The van der Waals surface area contributed by atoms with Crippen molar-refractivity contribution in [2.75, 3.05) is 6.61 Å². The van der Waals surface area contributed by atoms with Gasteiger partial charge in [-0.3, -0.25) is 4.99 Å². The van der Waals surface area contributed by atoms with Gasteiger partial charge >= 0.3 is 0 Å². The zero-order valence-electron chi connectivity index (χ0n) is 11.4. The molecule has 0 amide bonds. The van der Waals surface area contributed by atoms with Crippen LogP contribution in [0.2, 0.25) is 5.02 Å². The van der Waals surface area contributed by atoms with E-state index in [9.17, 15) is 5.11 Å². The maximum atomic E-state index is 10.1. The molecule has 104 valence electrons. The SMILES string of the molecule is CCOc1cccc(C=Nc2ccc(C)c(Cl)c2)c1O. The van der Waals surface area contributed by atoms with Gasteiger partial charge < -0.3 is 9.84 Å². The average Bonchev–Trinajstić information content (AvgIpc) is 2.44. The third kappa shape index (κ3) is 3.31. The molecule has 0 atom stereocenters. The first kappa shape index (κ1) is 14.4. The summed E-state index contributed by atoms with van der Waals surface area (Å²) in [7, 11) is 0. The smallest absolute Gasteiger partial charge is 0.166 e. The summed E-state index contributed by atoms with van der Waals surface area (Å²) < 4.78 is 5.33. The molecule has 3 nitrogen and oxygen atoms in total. The van der Waals surface area contributed by atoms with Crippen molar-refractivity contribution in [2.45, 2.75) is 13.8 Å². The van der Waals surface area contributed by atoms with Crippen LogP contribution < -0.4 is 4.74 Å². The van der Waals surface area contributed by atoms with E-state index in [2.05, 4.69) is 4.99 Å². The van der Waals surface area contributed by atoms with Crippen molar-refractivity contribution >= 4 is 23.5 Å². The number of aliphatic imine (C=N–C) groups is 1. The van der Waals surface area contributed by atoms with Crippen LogP contribution in [0.15, 0.2) is 41.4 Å². The van der Waals surface area contributed by atoms with Gasteiger partial charge in [0.25, 0.3) is 0 Å². The lowest BCUT2D eigenvalue weighted by molar-refractivity contribution is 0.318. The zero-order chi connectivity index (χ0) is 14.5. The van der Waals surface area contributed by atoms with Crippen LogP contribution in [0.3, 0.4) is 0 Å². The van der Waals surface area contributed by atoms with Crippen LogP contribution in [0.1, 0.15) is 18.1 Å². The fourth-order valence-electron chi connectivity index (χ4n) is 1.72. The van der Waals surface area contributed by atoms with E-state index in [4.69, 9.17) is 16.3 Å². The van der Waals surface area contributed by atoms with Crippen molar-refractivity contribution in [1.29, 1.82) is 0 Å². The van der Waals surface area contributed by atoms with Crippen molar-refractivity contribution in [3.8, 4) is 11.5 Å². The van der Waals surface area contributed by atoms with Gasteiger partial charge in [-0.1, -0.05) is 23.7 Å². The molecule has 4 heteroatoms. The van der Waals surface area contributed by atoms with Gasteiger partial charge in [-0.2, -0.15) is 0 Å². The van der Waals surface area contributed by atoms with E-state index in [1.165, 1.54) is 0 Å². The summed E-state index contributed by atoms with van der Waals surface area (Å²) in [5.74, 6) is 0.551. The number of nitrogens with zero attached hydrogens (tertiary/aromatic N) is 1. The lowest BCUT2D eigenvalue weighted by atomic mass is 10.2. The number of para-hydroxylation sites is 1. The molecule has 2 rings (SSSR count). The van der Waals surface area contributed by atoms with Gasteiger partial charge in [-0.15, -0.1) is 0 Å². The first-order chi connectivity index (χ1) is 9.61. The van der Waals surface area contributed by atoms with Gasteiger partial charge in [0.1, 0.15) is 0 Å². The summed E-state index contributed by atoms with van der Waals surface area (Å²) in [5.41, 5.74) is 2.35. The number of phenols is 1. The Hall–Kier alpha value is -2.00. The Labute approximate surface area is 123 Å². The molecule has 0 fully saturated rings. The minimum absolute atomic E-state index is 0.0938. The van der Waals surface area contributed by atoms with Crippen molar-refractivity contribution in [2.24, 2.45) is 4.99 Å². The highest BCUT2D eigenvalue weighted by Gasteiger charge is 2.05. The first-order valence-electron chi connectivity index (χ1n) is 6.37. The predicted molar refractivity (Wildman–Crippen MR) is 82.7 cm³/mol. The van der Waals surface area contributed by atoms with E-state index in [1.54, 1.807) is 24.4 Å². The van der Waals surface area contributed by atoms with Crippen LogP contribution in [-0.4, -0.2) is 17.9 Å². The van der Waals surface area contributed by atoms with Gasteiger partial charge in [0.05, 0.1) is 12.3 Å². The Morgan fingerprint density at radius 1 is 1.30 bits per heavy atom. The largest absolute Gasteiger partial charge is 0.504 e. The summed E-state index contributed by atoms with van der Waals surface area (Å²) in [4.78, 5) is 4.32. The molecule has 0 aromatic heterocycles. The topological polar surface area (TPSA) is 41.8 Å². The van der Waals surface area contributed by atoms with E-state index in [1.807, 2.05) is 32.0 Å². The Morgan fingerprint density at radius 2 is 2.10 bits per heavy atom. The van der Waals surface area contributed by atoms with Crippen LogP contribution in [-0.2, 0) is 0 Å². The summed E-state index contributed by atoms with van der Waals surface area (Å²) in [6.45, 7) is 4.31. The molecule has 0 bridgehead atoms. The van der Waals surface area contributed by atoms with E-state index in [0.29, 0.717) is 22.9 Å². The lowest BCUT2D eigenvalue weighted by Crippen LogP contribution is -1.93. The molecule has 0 aliphatic heterocycles. The number of hydrogen-bond acceptors (Lipinski definition) is 3. The number of phenolic OH excluding ortho intramolecular Hbond substituents is 1. The second-order valence-corrected chi connectivity index (χ2v) is 4.73. The molecule has 0 saturated carbocycles. The summed E-state index contributed by atoms with van der Waals surface area (Å²) in [6.07, 6.45) is 1.60. The van der Waals surface area contributed by atoms with E-state index < -0.39 is 0 Å². The molecule has 2 aromatic rings. The molecule has 0 saturated heterocycles. The number of hydrogen-bond donors (Lipinski definition) is 1. The van der Waals surface area contributed by atoms with E-state index in [-0.39, 0.29) is 5.75 Å². The van der Waals surface area contributed by atoms with Gasteiger partial charge in [0, 0.05) is 16.8 Å². The van der Waals surface area contributed by atoms with Gasteiger partial charge in [0.2, 0.25) is 0 Å². The molecular formula is C16H16ClNO2. The molecule has 0 heterocycles. The normalized spacial score (nSPS) is 10.9. The number of halogens is 1. The number of aromatic hydroxyl groups is 1. The van der Waals surface area contributed by atoms with Crippen molar-refractivity contribution in [1.82, 2.24) is 0 Å². The third-order valence-electron chi connectivity index (χ3n) is 2.84. The molecular weight excluding hydrogens is 274 g/mol. The molecule has 0 spiro atoms. The average molecular weight is 290 g/mol. The molecule has 0 aliphatic carbocycles. The number of rotatable bonds is 4. The first-order valence-corrected chi connectivity index (χ1v) is 6.74. The summed E-state index contributed by atoms with van der Waals surface area (Å²) >= 11 is 6.05. The standard InChI is InChI=1S/C16H16ClNO2/c1-3-20-15-6-4-5-12(16(15)19)10-18-13-8-7-11(2)14(17)9-13/h4-10,19H,3H2,1-2H3. The Kier molecular flexibility index (Phi) is 4.64. The van der Waals surface area contributed by atoms with Crippen LogP contribution in [0.5, 0.6) is 11.5 Å². The van der Waals surface area contributed by atoms with Crippen molar-refractivity contribution in [3.05, 3.63) is 52.5 Å². The Balaban J connectivity index is 2.27. The molecule has 0 radical (unpaired) electrons.